The van der Waals surface area contributed by atoms with E-state index in [1.54, 1.807) is 22.9 Å². The minimum absolute atomic E-state index is 0.0462. The Morgan fingerprint density at radius 2 is 1.81 bits per heavy atom. The van der Waals surface area contributed by atoms with Crippen LogP contribution in [-0.4, -0.2) is 20.7 Å². The molecule has 0 saturated heterocycles. The zero-order valence-corrected chi connectivity index (χ0v) is 19.8. The van der Waals surface area contributed by atoms with Crippen molar-refractivity contribution in [2.45, 2.75) is 13.8 Å². The van der Waals surface area contributed by atoms with Crippen LogP contribution in [0.5, 0.6) is 0 Å². The average molecular weight is 516 g/mol. The van der Waals surface area contributed by atoms with Crippen LogP contribution in [0.1, 0.15) is 21.7 Å². The van der Waals surface area contributed by atoms with Gasteiger partial charge in [0.05, 0.1) is 15.7 Å². The van der Waals surface area contributed by atoms with Crippen LogP contribution in [0.3, 0.4) is 0 Å². The smallest absolute Gasteiger partial charge is 0.295 e. The van der Waals surface area contributed by atoms with Crippen molar-refractivity contribution >= 4 is 50.7 Å². The van der Waals surface area contributed by atoms with Crippen molar-refractivity contribution in [2.75, 3.05) is 5.32 Å². The Morgan fingerprint density at radius 3 is 2.52 bits per heavy atom. The van der Waals surface area contributed by atoms with Crippen molar-refractivity contribution in [3.63, 3.8) is 0 Å². The first-order valence-electron chi connectivity index (χ1n) is 9.39. The summed E-state index contributed by atoms with van der Waals surface area (Å²) >= 11 is 15.7. The van der Waals surface area contributed by atoms with Gasteiger partial charge in [-0.1, -0.05) is 62.9 Å². The van der Waals surface area contributed by atoms with Gasteiger partial charge in [0.2, 0.25) is 5.82 Å². The second-order valence-corrected chi connectivity index (χ2v) is 8.78. The Bertz CT molecular complexity index is 1300. The lowest BCUT2D eigenvalue weighted by molar-refractivity contribution is 0.101. The fourth-order valence-electron chi connectivity index (χ4n) is 3.12. The first-order valence-corrected chi connectivity index (χ1v) is 10.9. The van der Waals surface area contributed by atoms with Gasteiger partial charge in [-0.2, -0.15) is 0 Å². The van der Waals surface area contributed by atoms with E-state index in [-0.39, 0.29) is 5.82 Å². The molecule has 0 radical (unpaired) electrons. The van der Waals surface area contributed by atoms with Gasteiger partial charge in [-0.3, -0.25) is 4.79 Å². The summed E-state index contributed by atoms with van der Waals surface area (Å²) in [5.74, 6) is 0.169. The lowest BCUT2D eigenvalue weighted by Gasteiger charge is -2.08. The van der Waals surface area contributed by atoms with Crippen molar-refractivity contribution < 1.29 is 4.79 Å². The molecule has 31 heavy (non-hydrogen) atoms. The highest BCUT2D eigenvalue weighted by Crippen LogP contribution is 2.28. The maximum absolute atomic E-state index is 13.0. The molecule has 0 saturated carbocycles. The molecule has 156 valence electrons. The van der Waals surface area contributed by atoms with Gasteiger partial charge < -0.3 is 5.32 Å². The van der Waals surface area contributed by atoms with Crippen LogP contribution in [-0.2, 0) is 0 Å². The highest BCUT2D eigenvalue weighted by molar-refractivity contribution is 9.10. The molecule has 0 fully saturated rings. The van der Waals surface area contributed by atoms with Crippen LogP contribution in [0, 0.1) is 13.8 Å². The number of aromatic nitrogens is 3. The van der Waals surface area contributed by atoms with Crippen molar-refractivity contribution in [3.05, 3.63) is 92.1 Å². The average Bonchev–Trinajstić information content (AvgIpc) is 3.18. The maximum Gasteiger partial charge on any atom is 0.295 e. The number of carbonyl (C=O) groups excluding carboxylic acids is 1. The number of hydrogen-bond donors (Lipinski definition) is 1. The molecule has 4 rings (SSSR count). The number of hydrogen-bond acceptors (Lipinski definition) is 3. The second-order valence-electron chi connectivity index (χ2n) is 7.05. The zero-order chi connectivity index (χ0) is 22.1. The molecule has 8 heteroatoms. The number of halogens is 3. The first-order chi connectivity index (χ1) is 14.8. The third-order valence-electron chi connectivity index (χ3n) is 4.67. The van der Waals surface area contributed by atoms with Crippen LogP contribution in [0.2, 0.25) is 10.0 Å². The summed E-state index contributed by atoms with van der Waals surface area (Å²) in [5, 5.41) is 8.19. The van der Waals surface area contributed by atoms with Crippen LogP contribution >= 0.6 is 39.1 Å². The first kappa shape index (κ1) is 21.6. The van der Waals surface area contributed by atoms with Crippen LogP contribution in [0.15, 0.2) is 65.1 Å². The largest absolute Gasteiger partial charge is 0.319 e. The Labute approximate surface area is 198 Å². The fourth-order valence-corrected chi connectivity index (χ4v) is 3.89. The summed E-state index contributed by atoms with van der Waals surface area (Å²) < 4.78 is 2.53. The van der Waals surface area contributed by atoms with E-state index in [1.165, 1.54) is 0 Å². The Balaban J connectivity index is 1.78. The maximum atomic E-state index is 13.0. The SMILES string of the molecule is Cc1cccc(-c2nc(C(=O)Nc3ccc(Br)cc3C)nn2-c2ccc(Cl)c(Cl)c2)c1. The lowest BCUT2D eigenvalue weighted by atomic mass is 10.1. The van der Waals surface area contributed by atoms with E-state index in [0.717, 1.165) is 21.2 Å². The lowest BCUT2D eigenvalue weighted by Crippen LogP contribution is -2.15. The number of anilines is 1. The monoisotopic (exact) mass is 514 g/mol. The minimum atomic E-state index is -0.405. The zero-order valence-electron chi connectivity index (χ0n) is 16.7. The molecular formula is C23H17BrCl2N4O. The number of nitrogens with zero attached hydrogens (tertiary/aromatic N) is 3. The highest BCUT2D eigenvalue weighted by atomic mass is 79.9. The molecular weight excluding hydrogens is 499 g/mol. The number of aryl methyl sites for hydroxylation is 2. The van der Waals surface area contributed by atoms with Gasteiger partial charge in [-0.15, -0.1) is 5.10 Å². The topological polar surface area (TPSA) is 59.8 Å². The Kier molecular flexibility index (Phi) is 6.14. The summed E-state index contributed by atoms with van der Waals surface area (Å²) in [6.07, 6.45) is 0. The van der Waals surface area contributed by atoms with Crippen LogP contribution in [0.4, 0.5) is 5.69 Å². The summed E-state index contributed by atoms with van der Waals surface area (Å²) in [6, 6.07) is 18.6. The van der Waals surface area contributed by atoms with E-state index in [2.05, 4.69) is 31.3 Å². The van der Waals surface area contributed by atoms with E-state index in [1.807, 2.05) is 56.3 Å². The minimum Gasteiger partial charge on any atom is -0.319 e. The fraction of sp³-hybridized carbons (Fsp3) is 0.0870. The van der Waals surface area contributed by atoms with Crippen molar-refractivity contribution in [1.82, 2.24) is 14.8 Å². The molecule has 3 aromatic carbocycles. The van der Waals surface area contributed by atoms with Gasteiger partial charge in [-0.05, 0) is 61.9 Å². The molecule has 0 unspecified atom stereocenters. The van der Waals surface area contributed by atoms with E-state index in [4.69, 9.17) is 23.2 Å². The molecule has 0 aliphatic carbocycles. The van der Waals surface area contributed by atoms with Crippen molar-refractivity contribution in [3.8, 4) is 17.1 Å². The third kappa shape index (κ3) is 4.66. The molecule has 1 heterocycles. The van der Waals surface area contributed by atoms with Gasteiger partial charge in [0.15, 0.2) is 5.82 Å². The molecule has 0 bridgehead atoms. The third-order valence-corrected chi connectivity index (χ3v) is 5.90. The number of nitrogens with one attached hydrogen (secondary N) is 1. The summed E-state index contributed by atoms with van der Waals surface area (Å²) in [5.41, 5.74) is 4.16. The standard InChI is InChI=1S/C23H17BrCl2N4O/c1-13-4-3-5-15(10-13)22-28-21(23(31)27-20-9-6-16(24)11-14(20)2)29-30(22)17-7-8-18(25)19(26)12-17/h3-12H,1-2H3,(H,27,31). The quantitative estimate of drug-likeness (QED) is 0.322. The van der Waals surface area contributed by atoms with Gasteiger partial charge in [0, 0.05) is 15.7 Å². The van der Waals surface area contributed by atoms with Crippen molar-refractivity contribution in [1.29, 1.82) is 0 Å². The van der Waals surface area contributed by atoms with Gasteiger partial charge in [0.25, 0.3) is 5.91 Å². The molecule has 0 aliphatic heterocycles. The van der Waals surface area contributed by atoms with Crippen molar-refractivity contribution in [2.24, 2.45) is 0 Å². The predicted molar refractivity (Wildman–Crippen MR) is 128 cm³/mol. The van der Waals surface area contributed by atoms with Crippen LogP contribution in [0.25, 0.3) is 17.1 Å². The summed E-state index contributed by atoms with van der Waals surface area (Å²) in [7, 11) is 0. The number of amides is 1. The van der Waals surface area contributed by atoms with E-state index in [9.17, 15) is 4.79 Å². The molecule has 5 nitrogen and oxygen atoms in total. The number of rotatable bonds is 4. The molecule has 0 spiro atoms. The molecule has 0 aliphatic rings. The summed E-state index contributed by atoms with van der Waals surface area (Å²) in [4.78, 5) is 17.5. The van der Waals surface area contributed by atoms with E-state index >= 15 is 0 Å². The predicted octanol–water partition coefficient (Wildman–Crippen LogP) is 6.87. The Hall–Kier alpha value is -2.67. The Morgan fingerprint density at radius 1 is 1.00 bits per heavy atom. The van der Waals surface area contributed by atoms with E-state index < -0.39 is 5.91 Å². The highest BCUT2D eigenvalue weighted by Gasteiger charge is 2.20. The molecule has 1 amide bonds. The summed E-state index contributed by atoms with van der Waals surface area (Å²) in [6.45, 7) is 3.91. The van der Waals surface area contributed by atoms with Gasteiger partial charge in [-0.25, -0.2) is 9.67 Å². The molecule has 4 aromatic rings. The number of carbonyl (C=O) groups is 1. The normalized spacial score (nSPS) is 10.9. The molecule has 0 atom stereocenters. The molecule has 1 aromatic heterocycles. The number of benzene rings is 3. The van der Waals surface area contributed by atoms with E-state index in [0.29, 0.717) is 27.2 Å². The van der Waals surface area contributed by atoms with Crippen LogP contribution < -0.4 is 5.32 Å². The van der Waals surface area contributed by atoms with Gasteiger partial charge in [0.1, 0.15) is 0 Å². The second kappa shape index (κ2) is 8.83. The van der Waals surface area contributed by atoms with Gasteiger partial charge >= 0.3 is 0 Å². The molecule has 1 N–H and O–H groups in total.